The molecule has 0 saturated carbocycles. The van der Waals surface area contributed by atoms with Crippen molar-refractivity contribution in [2.75, 3.05) is 13.7 Å². The third-order valence-corrected chi connectivity index (χ3v) is 4.82. The maximum atomic E-state index is 13.0. The summed E-state index contributed by atoms with van der Waals surface area (Å²) in [5, 5.41) is 0. The van der Waals surface area contributed by atoms with Gasteiger partial charge in [0.15, 0.2) is 0 Å². The molecule has 1 unspecified atom stereocenters. The predicted octanol–water partition coefficient (Wildman–Crippen LogP) is 2.52. The van der Waals surface area contributed by atoms with Crippen molar-refractivity contribution >= 4 is 11.9 Å². The molecule has 6 heteroatoms. The molecule has 1 aliphatic rings. The van der Waals surface area contributed by atoms with Gasteiger partial charge in [0.2, 0.25) is 0 Å². The summed E-state index contributed by atoms with van der Waals surface area (Å²) in [5.41, 5.74) is 2.16. The minimum absolute atomic E-state index is 0.0236. The Morgan fingerprint density at radius 2 is 1.92 bits per heavy atom. The lowest BCUT2D eigenvalue weighted by molar-refractivity contribution is 0.0582. The minimum atomic E-state index is -0.361. The van der Waals surface area contributed by atoms with Gasteiger partial charge in [-0.05, 0) is 43.5 Å². The Labute approximate surface area is 141 Å². The number of nitrogens with zero attached hydrogens (tertiary/aromatic N) is 3. The monoisotopic (exact) mass is 329 g/mol. The van der Waals surface area contributed by atoms with Gasteiger partial charge in [0, 0.05) is 32.5 Å². The summed E-state index contributed by atoms with van der Waals surface area (Å²) in [6.07, 6.45) is 4.85. The average Bonchev–Trinajstić information content (AvgIpc) is 3.19. The number of esters is 1. The Morgan fingerprint density at radius 1 is 1.12 bits per heavy atom. The van der Waals surface area contributed by atoms with Crippen molar-refractivity contribution in [1.29, 1.82) is 0 Å². The van der Waals surface area contributed by atoms with Gasteiger partial charge in [-0.15, -0.1) is 0 Å². The first-order valence-electron chi connectivity index (χ1n) is 8.21. The molecule has 2 aromatic rings. The third kappa shape index (κ3) is 2.72. The molecule has 0 N–H and O–H groups in total. The molecule has 1 fully saturated rings. The number of hydrogen-bond acceptors (Lipinski definition) is 3. The Morgan fingerprint density at radius 3 is 2.58 bits per heavy atom. The van der Waals surface area contributed by atoms with Crippen molar-refractivity contribution in [1.82, 2.24) is 14.0 Å². The molecular formula is C18H23N3O3. The van der Waals surface area contributed by atoms with E-state index in [0.717, 1.165) is 31.5 Å². The molecule has 128 valence electrons. The van der Waals surface area contributed by atoms with Gasteiger partial charge in [0.25, 0.3) is 5.91 Å². The van der Waals surface area contributed by atoms with Crippen LogP contribution in [0.1, 0.15) is 52.0 Å². The van der Waals surface area contributed by atoms with E-state index in [-0.39, 0.29) is 17.9 Å². The number of rotatable bonds is 3. The maximum absolute atomic E-state index is 13.0. The molecule has 3 heterocycles. The lowest BCUT2D eigenvalue weighted by Crippen LogP contribution is -2.40. The van der Waals surface area contributed by atoms with Crippen LogP contribution in [0.25, 0.3) is 0 Å². The van der Waals surface area contributed by atoms with E-state index in [1.54, 1.807) is 6.07 Å². The molecule has 0 radical (unpaired) electrons. The van der Waals surface area contributed by atoms with Crippen LogP contribution in [0.15, 0.2) is 30.5 Å². The molecule has 1 saturated heterocycles. The lowest BCUT2D eigenvalue weighted by Gasteiger charge is -2.36. The Kier molecular flexibility index (Phi) is 4.46. The van der Waals surface area contributed by atoms with E-state index >= 15 is 0 Å². The Bertz CT molecular complexity index is 759. The fourth-order valence-electron chi connectivity index (χ4n) is 3.48. The van der Waals surface area contributed by atoms with E-state index in [0.29, 0.717) is 11.4 Å². The number of likely N-dealkylation sites (tertiary alicyclic amines) is 1. The highest BCUT2D eigenvalue weighted by atomic mass is 16.5. The standard InChI is InChI=1S/C18H23N3O3/c1-19-11-6-8-15(19)17(22)21-12-5-4-7-14(21)13-9-10-16(20(13)2)18(23)24-3/h6,8-11,14H,4-5,7,12H2,1-3H3. The molecule has 1 amide bonds. The van der Waals surface area contributed by atoms with Crippen LogP contribution in [-0.4, -0.2) is 39.6 Å². The predicted molar refractivity (Wildman–Crippen MR) is 89.8 cm³/mol. The topological polar surface area (TPSA) is 56.5 Å². The van der Waals surface area contributed by atoms with Crippen molar-refractivity contribution in [3.05, 3.63) is 47.5 Å². The van der Waals surface area contributed by atoms with Crippen molar-refractivity contribution in [3.63, 3.8) is 0 Å². The van der Waals surface area contributed by atoms with E-state index in [1.807, 2.05) is 52.5 Å². The first kappa shape index (κ1) is 16.4. The molecule has 0 spiro atoms. The van der Waals surface area contributed by atoms with Crippen LogP contribution < -0.4 is 0 Å². The van der Waals surface area contributed by atoms with Crippen molar-refractivity contribution < 1.29 is 14.3 Å². The third-order valence-electron chi connectivity index (χ3n) is 4.82. The highest BCUT2D eigenvalue weighted by Gasteiger charge is 2.32. The second kappa shape index (κ2) is 6.55. The van der Waals surface area contributed by atoms with Crippen LogP contribution >= 0.6 is 0 Å². The summed E-state index contributed by atoms with van der Waals surface area (Å²) >= 11 is 0. The quantitative estimate of drug-likeness (QED) is 0.813. The summed E-state index contributed by atoms with van der Waals surface area (Å²) in [6, 6.07) is 7.39. The van der Waals surface area contributed by atoms with Crippen molar-refractivity contribution in [2.24, 2.45) is 14.1 Å². The number of methoxy groups -OCH3 is 1. The highest BCUT2D eigenvalue weighted by Crippen LogP contribution is 2.33. The van der Waals surface area contributed by atoms with Gasteiger partial charge >= 0.3 is 5.97 Å². The summed E-state index contributed by atoms with van der Waals surface area (Å²) in [4.78, 5) is 26.8. The average molecular weight is 329 g/mol. The van der Waals surface area contributed by atoms with Gasteiger partial charge in [-0.1, -0.05) is 0 Å². The van der Waals surface area contributed by atoms with E-state index in [9.17, 15) is 9.59 Å². The number of aryl methyl sites for hydroxylation is 1. The molecule has 6 nitrogen and oxygen atoms in total. The minimum Gasteiger partial charge on any atom is -0.464 e. The Hall–Kier alpha value is -2.50. The molecular weight excluding hydrogens is 306 g/mol. The number of aromatic nitrogens is 2. The van der Waals surface area contributed by atoms with Crippen LogP contribution in [0.5, 0.6) is 0 Å². The molecule has 0 bridgehead atoms. The number of carbonyl (C=O) groups excluding carboxylic acids is 2. The Balaban J connectivity index is 1.93. The van der Waals surface area contributed by atoms with Crippen LogP contribution in [0, 0.1) is 0 Å². The second-order valence-corrected chi connectivity index (χ2v) is 6.21. The van der Waals surface area contributed by atoms with E-state index in [2.05, 4.69) is 0 Å². The first-order valence-corrected chi connectivity index (χ1v) is 8.21. The van der Waals surface area contributed by atoms with E-state index in [1.165, 1.54) is 7.11 Å². The fraction of sp³-hybridized carbons (Fsp3) is 0.444. The number of piperidine rings is 1. The molecule has 0 aromatic carbocycles. The van der Waals surface area contributed by atoms with Crippen LogP contribution in [-0.2, 0) is 18.8 Å². The molecule has 1 aliphatic heterocycles. The van der Waals surface area contributed by atoms with Crippen LogP contribution in [0.3, 0.4) is 0 Å². The smallest absolute Gasteiger partial charge is 0.354 e. The summed E-state index contributed by atoms with van der Waals surface area (Å²) in [5.74, 6) is -0.326. The van der Waals surface area contributed by atoms with Gasteiger partial charge in [-0.25, -0.2) is 4.79 Å². The number of amides is 1. The van der Waals surface area contributed by atoms with Crippen molar-refractivity contribution in [2.45, 2.75) is 25.3 Å². The highest BCUT2D eigenvalue weighted by molar-refractivity contribution is 5.93. The van der Waals surface area contributed by atoms with E-state index < -0.39 is 0 Å². The van der Waals surface area contributed by atoms with Crippen LogP contribution in [0.4, 0.5) is 0 Å². The van der Waals surface area contributed by atoms with Gasteiger partial charge in [0.1, 0.15) is 11.4 Å². The number of hydrogen-bond donors (Lipinski definition) is 0. The lowest BCUT2D eigenvalue weighted by atomic mass is 9.98. The van der Waals surface area contributed by atoms with Gasteiger partial charge < -0.3 is 18.8 Å². The summed E-state index contributed by atoms with van der Waals surface area (Å²) < 4.78 is 8.51. The number of ether oxygens (including phenoxy) is 1. The zero-order chi connectivity index (χ0) is 17.3. The molecule has 3 rings (SSSR count). The normalized spacial score (nSPS) is 17.8. The van der Waals surface area contributed by atoms with Gasteiger partial charge in [0.05, 0.1) is 13.2 Å². The molecule has 0 aliphatic carbocycles. The SMILES string of the molecule is COC(=O)c1ccc(C2CCCCN2C(=O)c2cccn2C)n1C. The molecule has 1 atom stereocenters. The first-order chi connectivity index (χ1) is 11.5. The van der Waals surface area contributed by atoms with Crippen LogP contribution in [0.2, 0.25) is 0 Å². The largest absolute Gasteiger partial charge is 0.464 e. The summed E-state index contributed by atoms with van der Waals surface area (Å²) in [7, 11) is 5.10. The zero-order valence-corrected chi connectivity index (χ0v) is 14.4. The molecule has 24 heavy (non-hydrogen) atoms. The van der Waals surface area contributed by atoms with Gasteiger partial charge in [-0.3, -0.25) is 4.79 Å². The van der Waals surface area contributed by atoms with Gasteiger partial charge in [-0.2, -0.15) is 0 Å². The van der Waals surface area contributed by atoms with Crippen molar-refractivity contribution in [3.8, 4) is 0 Å². The molecule has 2 aromatic heterocycles. The fourth-order valence-corrected chi connectivity index (χ4v) is 3.48. The maximum Gasteiger partial charge on any atom is 0.354 e. The number of carbonyl (C=O) groups is 2. The summed E-state index contributed by atoms with van der Waals surface area (Å²) in [6.45, 7) is 0.730. The zero-order valence-electron chi connectivity index (χ0n) is 14.4. The second-order valence-electron chi connectivity index (χ2n) is 6.21. The van der Waals surface area contributed by atoms with E-state index in [4.69, 9.17) is 4.74 Å².